The zero-order chi connectivity index (χ0) is 15.8. The summed E-state index contributed by atoms with van der Waals surface area (Å²) in [5.41, 5.74) is 2.43. The molecule has 0 saturated heterocycles. The van der Waals surface area contributed by atoms with E-state index in [9.17, 15) is 8.42 Å². The minimum atomic E-state index is -3.56. The monoisotopic (exact) mass is 327 g/mol. The van der Waals surface area contributed by atoms with Crippen LogP contribution in [0.1, 0.15) is 16.8 Å². The summed E-state index contributed by atoms with van der Waals surface area (Å²) in [4.78, 5) is 0.314. The molecule has 0 saturated carbocycles. The fourth-order valence-corrected chi connectivity index (χ4v) is 3.73. The van der Waals surface area contributed by atoms with E-state index in [-0.39, 0.29) is 6.54 Å². The maximum Gasteiger partial charge on any atom is 0.243 e. The lowest BCUT2D eigenvalue weighted by molar-refractivity contribution is 0.452. The molecule has 1 aromatic heterocycles. The average Bonchev–Trinajstić information content (AvgIpc) is 2.70. The highest BCUT2D eigenvalue weighted by Gasteiger charge is 2.24. The molecule has 0 aliphatic heterocycles. The number of aryl methyl sites for hydroxylation is 3. The molecule has 114 valence electrons. The third-order valence-electron chi connectivity index (χ3n) is 3.40. The molecule has 1 heterocycles. The van der Waals surface area contributed by atoms with Crippen LogP contribution < -0.4 is 0 Å². The van der Waals surface area contributed by atoms with Gasteiger partial charge in [0, 0.05) is 14.1 Å². The van der Waals surface area contributed by atoms with Gasteiger partial charge < -0.3 is 0 Å². The van der Waals surface area contributed by atoms with Crippen molar-refractivity contribution in [3.63, 3.8) is 0 Å². The molecule has 1 aromatic carbocycles. The highest BCUT2D eigenvalue weighted by Crippen LogP contribution is 2.23. The summed E-state index contributed by atoms with van der Waals surface area (Å²) in [6.45, 7) is 3.90. The molecule has 7 heteroatoms. The second-order valence-corrected chi connectivity index (χ2v) is 7.51. The average molecular weight is 328 g/mol. The normalized spacial score (nSPS) is 12.1. The summed E-state index contributed by atoms with van der Waals surface area (Å²) in [7, 11) is -0.288. The lowest BCUT2D eigenvalue weighted by atomic mass is 10.2. The molecule has 21 heavy (non-hydrogen) atoms. The highest BCUT2D eigenvalue weighted by atomic mass is 35.5. The van der Waals surface area contributed by atoms with Crippen molar-refractivity contribution in [2.45, 2.75) is 25.3 Å². The number of hydrogen-bond acceptors (Lipinski definition) is 3. The SMILES string of the molecule is Cc1ccc(S(=O)(=O)N(C)Cc2c(Cl)cnn2C)c(C)c1. The van der Waals surface area contributed by atoms with Gasteiger partial charge in [-0.05, 0) is 25.5 Å². The largest absolute Gasteiger partial charge is 0.270 e. The van der Waals surface area contributed by atoms with E-state index in [1.54, 1.807) is 30.8 Å². The number of halogens is 1. The van der Waals surface area contributed by atoms with Crippen LogP contribution in [-0.2, 0) is 23.6 Å². The number of nitrogens with zero attached hydrogens (tertiary/aromatic N) is 3. The summed E-state index contributed by atoms with van der Waals surface area (Å²) >= 11 is 6.03. The van der Waals surface area contributed by atoms with Gasteiger partial charge in [-0.25, -0.2) is 8.42 Å². The molecular formula is C14H18ClN3O2S. The highest BCUT2D eigenvalue weighted by molar-refractivity contribution is 7.89. The van der Waals surface area contributed by atoms with E-state index >= 15 is 0 Å². The first-order valence-electron chi connectivity index (χ1n) is 6.43. The molecule has 5 nitrogen and oxygen atoms in total. The van der Waals surface area contributed by atoms with Crippen molar-refractivity contribution in [2.24, 2.45) is 7.05 Å². The molecular weight excluding hydrogens is 310 g/mol. The first kappa shape index (κ1) is 16.0. The van der Waals surface area contributed by atoms with E-state index < -0.39 is 10.0 Å². The van der Waals surface area contributed by atoms with E-state index in [1.807, 2.05) is 13.0 Å². The maximum absolute atomic E-state index is 12.7. The zero-order valence-electron chi connectivity index (χ0n) is 12.5. The molecule has 0 fully saturated rings. The Morgan fingerprint density at radius 3 is 2.52 bits per heavy atom. The van der Waals surface area contributed by atoms with Crippen molar-refractivity contribution in [2.75, 3.05) is 7.05 Å². The first-order valence-corrected chi connectivity index (χ1v) is 8.25. The van der Waals surface area contributed by atoms with Crippen LogP contribution in [0, 0.1) is 13.8 Å². The molecule has 0 aliphatic carbocycles. The number of hydrogen-bond donors (Lipinski definition) is 0. The number of sulfonamides is 1. The van der Waals surface area contributed by atoms with Crippen molar-refractivity contribution in [3.8, 4) is 0 Å². The second kappa shape index (κ2) is 5.79. The van der Waals surface area contributed by atoms with Crippen molar-refractivity contribution in [1.82, 2.24) is 14.1 Å². The Morgan fingerprint density at radius 1 is 1.33 bits per heavy atom. The number of aromatic nitrogens is 2. The van der Waals surface area contributed by atoms with Gasteiger partial charge in [-0.15, -0.1) is 0 Å². The molecule has 0 atom stereocenters. The summed E-state index contributed by atoms with van der Waals surface area (Å²) < 4.78 is 28.2. The predicted octanol–water partition coefficient (Wildman–Crippen LogP) is 2.51. The van der Waals surface area contributed by atoms with Gasteiger partial charge in [-0.2, -0.15) is 9.40 Å². The van der Waals surface area contributed by atoms with E-state index in [1.165, 1.54) is 17.5 Å². The fraction of sp³-hybridized carbons (Fsp3) is 0.357. The standard InChI is InChI=1S/C14H18ClN3O2S/c1-10-5-6-14(11(2)7-10)21(19,20)17(3)9-13-12(15)8-16-18(13)4/h5-8H,9H2,1-4H3. The van der Waals surface area contributed by atoms with Gasteiger partial charge in [-0.1, -0.05) is 29.3 Å². The Balaban J connectivity index is 2.35. The van der Waals surface area contributed by atoms with Crippen LogP contribution in [0.15, 0.2) is 29.3 Å². The van der Waals surface area contributed by atoms with Gasteiger partial charge >= 0.3 is 0 Å². The second-order valence-electron chi connectivity index (χ2n) is 5.09. The predicted molar refractivity (Wildman–Crippen MR) is 82.8 cm³/mol. The van der Waals surface area contributed by atoms with E-state index in [4.69, 9.17) is 11.6 Å². The molecule has 2 rings (SSSR count). The Hall–Kier alpha value is -1.37. The lowest BCUT2D eigenvalue weighted by Crippen LogP contribution is -2.28. The summed E-state index contributed by atoms with van der Waals surface area (Å²) in [6.07, 6.45) is 1.51. The molecule has 0 unspecified atom stereocenters. The van der Waals surface area contributed by atoms with E-state index in [0.717, 1.165) is 11.1 Å². The van der Waals surface area contributed by atoms with Gasteiger partial charge in [0.2, 0.25) is 10.0 Å². The zero-order valence-corrected chi connectivity index (χ0v) is 14.0. The maximum atomic E-state index is 12.7. The van der Waals surface area contributed by atoms with Crippen molar-refractivity contribution < 1.29 is 8.42 Å². The van der Waals surface area contributed by atoms with E-state index in [2.05, 4.69) is 5.10 Å². The molecule has 0 bridgehead atoms. The topological polar surface area (TPSA) is 55.2 Å². The Morgan fingerprint density at radius 2 is 2.00 bits per heavy atom. The van der Waals surface area contributed by atoms with E-state index in [0.29, 0.717) is 15.6 Å². The minimum Gasteiger partial charge on any atom is -0.270 e. The lowest BCUT2D eigenvalue weighted by Gasteiger charge is -2.19. The Kier molecular flexibility index (Phi) is 4.41. The number of rotatable bonds is 4. The third-order valence-corrected chi connectivity index (χ3v) is 5.68. The first-order chi connectivity index (χ1) is 9.73. The van der Waals surface area contributed by atoms with Gasteiger partial charge in [0.25, 0.3) is 0 Å². The van der Waals surface area contributed by atoms with Crippen molar-refractivity contribution in [1.29, 1.82) is 0 Å². The van der Waals surface area contributed by atoms with Crippen LogP contribution >= 0.6 is 11.6 Å². The van der Waals surface area contributed by atoms with Crippen LogP contribution in [0.4, 0.5) is 0 Å². The van der Waals surface area contributed by atoms with Gasteiger partial charge in [0.1, 0.15) is 0 Å². The van der Waals surface area contributed by atoms with Crippen LogP contribution in [0.25, 0.3) is 0 Å². The van der Waals surface area contributed by atoms with Gasteiger partial charge in [0.05, 0.1) is 28.4 Å². The van der Waals surface area contributed by atoms with Crippen LogP contribution in [0.5, 0.6) is 0 Å². The van der Waals surface area contributed by atoms with Crippen LogP contribution in [0.2, 0.25) is 5.02 Å². The molecule has 0 radical (unpaired) electrons. The minimum absolute atomic E-state index is 0.172. The molecule has 0 amide bonds. The van der Waals surface area contributed by atoms with Gasteiger partial charge in [0.15, 0.2) is 0 Å². The number of benzene rings is 1. The smallest absolute Gasteiger partial charge is 0.243 e. The quantitative estimate of drug-likeness (QED) is 0.867. The Bertz CT molecular complexity index is 749. The fourth-order valence-electron chi connectivity index (χ4n) is 2.17. The van der Waals surface area contributed by atoms with Crippen molar-refractivity contribution >= 4 is 21.6 Å². The molecule has 2 aromatic rings. The molecule has 0 aliphatic rings. The van der Waals surface area contributed by atoms with Crippen molar-refractivity contribution in [3.05, 3.63) is 46.2 Å². The summed E-state index contributed by atoms with van der Waals surface area (Å²) in [6, 6.07) is 5.30. The van der Waals surface area contributed by atoms with Crippen LogP contribution in [0.3, 0.4) is 0 Å². The summed E-state index contributed by atoms with van der Waals surface area (Å²) in [5.74, 6) is 0. The van der Waals surface area contributed by atoms with Crippen LogP contribution in [-0.4, -0.2) is 29.6 Å². The Labute approximate surface area is 130 Å². The van der Waals surface area contributed by atoms with Gasteiger partial charge in [-0.3, -0.25) is 4.68 Å². The third kappa shape index (κ3) is 3.12. The molecule has 0 spiro atoms. The summed E-state index contributed by atoms with van der Waals surface area (Å²) in [5, 5.41) is 4.47. The molecule has 0 N–H and O–H groups in total.